The van der Waals surface area contributed by atoms with Gasteiger partial charge in [0.25, 0.3) is 0 Å². The third kappa shape index (κ3) is 3.53. The van der Waals surface area contributed by atoms with Crippen LogP contribution in [0, 0.1) is 5.92 Å². The molecule has 0 atom stereocenters. The van der Waals surface area contributed by atoms with Crippen LogP contribution in [0.2, 0.25) is 0 Å². The number of likely N-dealkylation sites (tertiary alicyclic amines) is 1. The summed E-state index contributed by atoms with van der Waals surface area (Å²) in [6.45, 7) is 10.9. The molecule has 1 aliphatic heterocycles. The molecule has 1 aliphatic rings. The molecule has 0 bridgehead atoms. The minimum absolute atomic E-state index is 0.168. The Morgan fingerprint density at radius 2 is 2.06 bits per heavy atom. The van der Waals surface area contributed by atoms with Crippen LogP contribution >= 0.6 is 11.3 Å². The van der Waals surface area contributed by atoms with E-state index in [1.165, 1.54) is 36.6 Å². The van der Waals surface area contributed by atoms with Gasteiger partial charge in [-0.05, 0) is 38.4 Å². The number of hydrogen-bond donors (Lipinski definition) is 1. The molecule has 0 amide bonds. The molecule has 0 radical (unpaired) electrons. The van der Waals surface area contributed by atoms with Crippen molar-refractivity contribution in [1.82, 2.24) is 9.88 Å². The molecule has 1 fully saturated rings. The highest BCUT2D eigenvalue weighted by Gasteiger charge is 2.21. The first-order chi connectivity index (χ1) is 8.49. The lowest BCUT2D eigenvalue weighted by atomic mass is 9.93. The quantitative estimate of drug-likeness (QED) is 0.915. The molecule has 0 spiro atoms. The van der Waals surface area contributed by atoms with Gasteiger partial charge in [0.2, 0.25) is 0 Å². The Hall–Kier alpha value is -0.450. The van der Waals surface area contributed by atoms with Crippen LogP contribution in [0.15, 0.2) is 5.38 Å². The zero-order chi connectivity index (χ0) is 13.2. The van der Waals surface area contributed by atoms with Gasteiger partial charge in [-0.25, -0.2) is 4.98 Å². The summed E-state index contributed by atoms with van der Waals surface area (Å²) in [6.07, 6.45) is 2.49. The third-order valence-corrected chi connectivity index (χ3v) is 4.55. The normalized spacial score (nSPS) is 19.3. The summed E-state index contributed by atoms with van der Waals surface area (Å²) >= 11 is 1.80. The average Bonchev–Trinajstić information content (AvgIpc) is 2.78. The second kappa shape index (κ2) is 5.68. The Bertz CT molecular complexity index is 373. The van der Waals surface area contributed by atoms with Crippen LogP contribution in [0.5, 0.6) is 0 Å². The summed E-state index contributed by atoms with van der Waals surface area (Å²) in [5, 5.41) is 3.47. The van der Waals surface area contributed by atoms with E-state index in [0.29, 0.717) is 0 Å². The highest BCUT2D eigenvalue weighted by Crippen LogP contribution is 2.25. The van der Waals surface area contributed by atoms with E-state index in [-0.39, 0.29) is 5.41 Å². The number of hydrogen-bond acceptors (Lipinski definition) is 4. The van der Waals surface area contributed by atoms with Gasteiger partial charge in [-0.1, -0.05) is 20.8 Å². The van der Waals surface area contributed by atoms with Gasteiger partial charge in [0, 0.05) is 10.8 Å². The molecule has 1 aromatic heterocycles. The fourth-order valence-corrected chi connectivity index (χ4v) is 3.36. The molecule has 3 nitrogen and oxygen atoms in total. The smallest absolute Gasteiger partial charge is 0.107 e. The maximum atomic E-state index is 5.72. The SMILES string of the molecule is CC(C)(C)c1csc(CN2CCC(CN)CC2)n1. The van der Waals surface area contributed by atoms with Crippen molar-refractivity contribution in [3.8, 4) is 0 Å². The van der Waals surface area contributed by atoms with Crippen molar-refractivity contribution in [3.63, 3.8) is 0 Å². The Morgan fingerprint density at radius 3 is 2.56 bits per heavy atom. The van der Waals surface area contributed by atoms with Crippen LogP contribution in [-0.2, 0) is 12.0 Å². The molecular weight excluding hydrogens is 242 g/mol. The number of rotatable bonds is 3. The second-order valence-corrected chi connectivity index (χ2v) is 7.27. The summed E-state index contributed by atoms with van der Waals surface area (Å²) in [7, 11) is 0. The summed E-state index contributed by atoms with van der Waals surface area (Å²) in [4.78, 5) is 7.28. The van der Waals surface area contributed by atoms with E-state index in [1.54, 1.807) is 11.3 Å². The van der Waals surface area contributed by atoms with Gasteiger partial charge in [0.15, 0.2) is 0 Å². The van der Waals surface area contributed by atoms with Gasteiger partial charge in [-0.2, -0.15) is 0 Å². The lowest BCUT2D eigenvalue weighted by Gasteiger charge is -2.30. The molecule has 1 saturated heterocycles. The monoisotopic (exact) mass is 267 g/mol. The van der Waals surface area contributed by atoms with E-state index in [1.807, 2.05) is 0 Å². The van der Waals surface area contributed by atoms with Gasteiger partial charge in [0.05, 0.1) is 12.2 Å². The van der Waals surface area contributed by atoms with E-state index in [2.05, 4.69) is 31.1 Å². The summed E-state index contributed by atoms with van der Waals surface area (Å²) in [6, 6.07) is 0. The van der Waals surface area contributed by atoms with Gasteiger partial charge in [0.1, 0.15) is 5.01 Å². The average molecular weight is 267 g/mol. The van der Waals surface area contributed by atoms with Gasteiger partial charge in [-0.15, -0.1) is 11.3 Å². The zero-order valence-corrected chi connectivity index (χ0v) is 12.6. The summed E-state index contributed by atoms with van der Waals surface area (Å²) in [5.74, 6) is 0.739. The standard InChI is InChI=1S/C14H25N3S/c1-14(2,3)12-10-18-13(16-12)9-17-6-4-11(8-15)5-7-17/h10-11H,4-9,15H2,1-3H3. The number of thiazole rings is 1. The largest absolute Gasteiger partial charge is 0.330 e. The lowest BCUT2D eigenvalue weighted by Crippen LogP contribution is -2.35. The second-order valence-electron chi connectivity index (χ2n) is 6.33. The maximum absolute atomic E-state index is 5.72. The van der Waals surface area contributed by atoms with Crippen molar-refractivity contribution in [1.29, 1.82) is 0 Å². The van der Waals surface area contributed by atoms with Crippen LogP contribution in [0.4, 0.5) is 0 Å². The number of piperidine rings is 1. The topological polar surface area (TPSA) is 42.1 Å². The number of nitrogens with zero attached hydrogens (tertiary/aromatic N) is 2. The highest BCUT2D eigenvalue weighted by atomic mass is 32.1. The molecule has 0 unspecified atom stereocenters. The van der Waals surface area contributed by atoms with Crippen molar-refractivity contribution in [2.75, 3.05) is 19.6 Å². The van der Waals surface area contributed by atoms with Gasteiger partial charge < -0.3 is 5.73 Å². The van der Waals surface area contributed by atoms with Crippen molar-refractivity contribution >= 4 is 11.3 Å². The number of nitrogens with two attached hydrogens (primary N) is 1. The molecule has 0 saturated carbocycles. The van der Waals surface area contributed by atoms with E-state index in [9.17, 15) is 0 Å². The molecule has 0 aromatic carbocycles. The van der Waals surface area contributed by atoms with Crippen LogP contribution < -0.4 is 5.73 Å². The molecule has 2 rings (SSSR count). The minimum atomic E-state index is 0.168. The lowest BCUT2D eigenvalue weighted by molar-refractivity contribution is 0.180. The van der Waals surface area contributed by atoms with Crippen LogP contribution in [-0.4, -0.2) is 29.5 Å². The predicted molar refractivity (Wildman–Crippen MR) is 77.9 cm³/mol. The van der Waals surface area contributed by atoms with E-state index in [4.69, 9.17) is 10.7 Å². The van der Waals surface area contributed by atoms with Crippen molar-refractivity contribution in [3.05, 3.63) is 16.1 Å². The first kappa shape index (κ1) is 14.0. The highest BCUT2D eigenvalue weighted by molar-refractivity contribution is 7.09. The van der Waals surface area contributed by atoms with Crippen molar-refractivity contribution in [2.45, 2.75) is 45.6 Å². The molecule has 4 heteroatoms. The van der Waals surface area contributed by atoms with E-state index < -0.39 is 0 Å². The minimum Gasteiger partial charge on any atom is -0.330 e. The molecule has 102 valence electrons. The molecule has 2 heterocycles. The van der Waals surface area contributed by atoms with Crippen molar-refractivity contribution in [2.24, 2.45) is 11.7 Å². The Kier molecular flexibility index (Phi) is 4.41. The van der Waals surface area contributed by atoms with Crippen LogP contribution in [0.3, 0.4) is 0 Å². The first-order valence-corrected chi connectivity index (χ1v) is 7.74. The first-order valence-electron chi connectivity index (χ1n) is 6.86. The molecule has 1 aromatic rings. The molecule has 0 aliphatic carbocycles. The van der Waals surface area contributed by atoms with Crippen molar-refractivity contribution < 1.29 is 0 Å². The Labute approximate surface area is 114 Å². The van der Waals surface area contributed by atoms with Crippen LogP contribution in [0.25, 0.3) is 0 Å². The fourth-order valence-electron chi connectivity index (χ4n) is 2.30. The third-order valence-electron chi connectivity index (χ3n) is 3.72. The summed E-state index contributed by atoms with van der Waals surface area (Å²) < 4.78 is 0. The molecular formula is C14H25N3S. The van der Waals surface area contributed by atoms with Gasteiger partial charge in [-0.3, -0.25) is 4.90 Å². The Morgan fingerprint density at radius 1 is 1.39 bits per heavy atom. The van der Waals surface area contributed by atoms with Crippen LogP contribution in [0.1, 0.15) is 44.3 Å². The van der Waals surface area contributed by atoms with E-state index >= 15 is 0 Å². The fraction of sp³-hybridized carbons (Fsp3) is 0.786. The van der Waals surface area contributed by atoms with Gasteiger partial charge >= 0.3 is 0 Å². The Balaban J connectivity index is 1.89. The predicted octanol–water partition coefficient (Wildman–Crippen LogP) is 2.61. The number of aromatic nitrogens is 1. The maximum Gasteiger partial charge on any atom is 0.107 e. The molecule has 2 N–H and O–H groups in total. The zero-order valence-electron chi connectivity index (χ0n) is 11.8. The molecule has 18 heavy (non-hydrogen) atoms. The van der Waals surface area contributed by atoms with E-state index in [0.717, 1.165) is 19.0 Å². The summed E-state index contributed by atoms with van der Waals surface area (Å²) in [5.41, 5.74) is 7.11.